The maximum atomic E-state index is 5.62. The number of ether oxygens (including phenoxy) is 1. The average molecular weight is 264 g/mol. The Bertz CT molecular complexity index is 385. The maximum absolute atomic E-state index is 5.62. The second-order valence-electron chi connectivity index (χ2n) is 5.47. The minimum atomic E-state index is 0.583. The quantitative estimate of drug-likeness (QED) is 0.771. The second kappa shape index (κ2) is 6.92. The number of hydrogen-bond donors (Lipinski definition) is 2. The summed E-state index contributed by atoms with van der Waals surface area (Å²) in [4.78, 5) is 1.71. The lowest BCUT2D eigenvalue weighted by atomic mass is 9.94. The van der Waals surface area contributed by atoms with Crippen molar-refractivity contribution in [2.75, 3.05) is 26.7 Å². The second-order valence-corrected chi connectivity index (χ2v) is 5.47. The van der Waals surface area contributed by atoms with Crippen molar-refractivity contribution in [3.63, 3.8) is 0 Å². The number of benzene rings is 1. The molecule has 0 saturated heterocycles. The molecular formula is C16H28N2O+2. The molecule has 0 aliphatic carbocycles. The van der Waals surface area contributed by atoms with Crippen LogP contribution in [0.2, 0.25) is 0 Å². The number of hydrogen-bond acceptors (Lipinski definition) is 1. The molecule has 0 saturated carbocycles. The van der Waals surface area contributed by atoms with Gasteiger partial charge in [-0.25, -0.2) is 0 Å². The van der Waals surface area contributed by atoms with Gasteiger partial charge in [-0.15, -0.1) is 0 Å². The normalized spacial score (nSPS) is 18.4. The summed E-state index contributed by atoms with van der Waals surface area (Å²) in [5.74, 6) is 1.08. The fourth-order valence-electron chi connectivity index (χ4n) is 3.35. The van der Waals surface area contributed by atoms with E-state index in [0.717, 1.165) is 12.3 Å². The minimum absolute atomic E-state index is 0.583. The molecule has 0 fully saturated rings. The van der Waals surface area contributed by atoms with Gasteiger partial charge in [0.1, 0.15) is 18.8 Å². The highest BCUT2D eigenvalue weighted by molar-refractivity contribution is 5.42. The number of quaternary nitrogens is 2. The van der Waals surface area contributed by atoms with Crippen LogP contribution in [0.4, 0.5) is 0 Å². The van der Waals surface area contributed by atoms with E-state index in [-0.39, 0.29) is 0 Å². The zero-order valence-electron chi connectivity index (χ0n) is 12.5. The van der Waals surface area contributed by atoms with Gasteiger partial charge in [0.15, 0.2) is 6.04 Å². The van der Waals surface area contributed by atoms with Gasteiger partial charge in [-0.2, -0.15) is 0 Å². The fourth-order valence-corrected chi connectivity index (χ4v) is 3.35. The van der Waals surface area contributed by atoms with E-state index in [9.17, 15) is 0 Å². The molecule has 3 N–H and O–H groups in total. The van der Waals surface area contributed by atoms with Crippen LogP contribution >= 0.6 is 0 Å². The molecule has 0 spiro atoms. The summed E-state index contributed by atoms with van der Waals surface area (Å²) in [6, 6.07) is 7.08. The third kappa shape index (κ3) is 3.10. The Hall–Kier alpha value is -1.06. The van der Waals surface area contributed by atoms with Gasteiger partial charge < -0.3 is 15.0 Å². The van der Waals surface area contributed by atoms with Crippen molar-refractivity contribution in [3.05, 3.63) is 29.3 Å². The molecule has 1 aromatic carbocycles. The summed E-state index contributed by atoms with van der Waals surface area (Å²) >= 11 is 0. The van der Waals surface area contributed by atoms with Crippen molar-refractivity contribution in [1.82, 2.24) is 0 Å². The number of fused-ring (bicyclic) bond motifs is 1. The van der Waals surface area contributed by atoms with E-state index in [0.29, 0.717) is 6.04 Å². The molecule has 1 aromatic rings. The first-order valence-corrected chi connectivity index (χ1v) is 7.63. The Kier molecular flexibility index (Phi) is 5.23. The summed E-state index contributed by atoms with van der Waals surface area (Å²) < 4.78 is 5.62. The number of nitrogens with one attached hydrogen (secondary N) is 1. The van der Waals surface area contributed by atoms with Crippen LogP contribution in [-0.4, -0.2) is 26.7 Å². The van der Waals surface area contributed by atoms with Gasteiger partial charge >= 0.3 is 0 Å². The van der Waals surface area contributed by atoms with Crippen LogP contribution in [0.15, 0.2) is 18.2 Å². The molecule has 106 valence electrons. The zero-order chi connectivity index (χ0) is 13.7. The number of methoxy groups -OCH3 is 1. The first-order valence-electron chi connectivity index (χ1n) is 7.63. The van der Waals surface area contributed by atoms with Gasteiger partial charge in [0.2, 0.25) is 0 Å². The summed E-state index contributed by atoms with van der Waals surface area (Å²) in [5, 5.41) is 2.44. The van der Waals surface area contributed by atoms with E-state index in [1.54, 1.807) is 12.0 Å². The molecule has 0 radical (unpaired) electrons. The highest BCUT2D eigenvalue weighted by atomic mass is 16.5. The molecule has 3 nitrogen and oxygen atoms in total. The van der Waals surface area contributed by atoms with Gasteiger partial charge in [-0.1, -0.05) is 26.0 Å². The lowest BCUT2D eigenvalue weighted by Gasteiger charge is -2.32. The van der Waals surface area contributed by atoms with E-state index >= 15 is 0 Å². The Balaban J connectivity index is 2.33. The van der Waals surface area contributed by atoms with Crippen molar-refractivity contribution >= 4 is 0 Å². The Labute approximate surface area is 116 Å². The van der Waals surface area contributed by atoms with E-state index in [2.05, 4.69) is 37.4 Å². The third-order valence-corrected chi connectivity index (χ3v) is 4.13. The van der Waals surface area contributed by atoms with Crippen molar-refractivity contribution in [1.29, 1.82) is 0 Å². The predicted octanol–water partition coefficient (Wildman–Crippen LogP) is 0.518. The molecule has 3 heteroatoms. The zero-order valence-corrected chi connectivity index (χ0v) is 12.5. The van der Waals surface area contributed by atoms with Gasteiger partial charge in [0.05, 0.1) is 25.8 Å². The van der Waals surface area contributed by atoms with E-state index < -0.39 is 0 Å². The molecular weight excluding hydrogens is 236 g/mol. The van der Waals surface area contributed by atoms with Crippen LogP contribution in [0.1, 0.15) is 43.9 Å². The monoisotopic (exact) mass is 264 g/mol. The van der Waals surface area contributed by atoms with Crippen LogP contribution in [0, 0.1) is 0 Å². The molecule has 1 aliphatic rings. The Morgan fingerprint density at radius 2 is 2.00 bits per heavy atom. The van der Waals surface area contributed by atoms with Crippen LogP contribution in [0.25, 0.3) is 0 Å². The lowest BCUT2D eigenvalue weighted by Crippen LogP contribution is -3.15. The smallest absolute Gasteiger partial charge is 0.167 e. The number of nitrogens with two attached hydrogens (primary N) is 1. The van der Waals surface area contributed by atoms with Gasteiger partial charge in [-0.3, -0.25) is 0 Å². The summed E-state index contributed by atoms with van der Waals surface area (Å²) in [5.41, 5.74) is 2.92. The fraction of sp³-hybridized carbons (Fsp3) is 0.625. The molecule has 0 bridgehead atoms. The van der Waals surface area contributed by atoms with E-state index in [1.807, 2.05) is 0 Å². The standard InChI is InChI=1S/C16H26N2O/c1-4-9-18(10-5-2)14-12-17-11-13-7-6-8-15(19-3)16(13)14/h6-8,14,17H,4-5,9-12H2,1-3H3/p+2/t14-/m0/s1. The largest absolute Gasteiger partial charge is 0.496 e. The van der Waals surface area contributed by atoms with Crippen molar-refractivity contribution in [2.45, 2.75) is 39.3 Å². The first-order chi connectivity index (χ1) is 9.31. The summed E-state index contributed by atoms with van der Waals surface area (Å²) in [7, 11) is 1.80. The summed E-state index contributed by atoms with van der Waals surface area (Å²) in [6.45, 7) is 9.35. The predicted molar refractivity (Wildman–Crippen MR) is 77.5 cm³/mol. The van der Waals surface area contributed by atoms with Crippen LogP contribution < -0.4 is 15.0 Å². The molecule has 19 heavy (non-hydrogen) atoms. The first kappa shape index (κ1) is 14.4. The number of rotatable bonds is 6. The molecule has 1 heterocycles. The maximum Gasteiger partial charge on any atom is 0.167 e. The van der Waals surface area contributed by atoms with E-state index in [4.69, 9.17) is 4.74 Å². The highest BCUT2D eigenvalue weighted by Gasteiger charge is 2.33. The molecule has 0 unspecified atom stereocenters. The molecule has 2 rings (SSSR count). The third-order valence-electron chi connectivity index (χ3n) is 4.13. The van der Waals surface area contributed by atoms with Gasteiger partial charge in [0.25, 0.3) is 0 Å². The van der Waals surface area contributed by atoms with Crippen LogP contribution in [0.5, 0.6) is 5.75 Å². The van der Waals surface area contributed by atoms with Gasteiger partial charge in [0, 0.05) is 5.56 Å². The SMILES string of the molecule is CCC[NH+](CCC)[C@H]1C[NH2+]Cc2cccc(OC)c21. The Morgan fingerprint density at radius 3 is 2.63 bits per heavy atom. The minimum Gasteiger partial charge on any atom is -0.496 e. The molecule has 1 atom stereocenters. The van der Waals surface area contributed by atoms with Crippen LogP contribution in [0.3, 0.4) is 0 Å². The average Bonchev–Trinajstić information content (AvgIpc) is 2.45. The highest BCUT2D eigenvalue weighted by Crippen LogP contribution is 2.28. The van der Waals surface area contributed by atoms with Crippen molar-refractivity contribution < 1.29 is 15.0 Å². The van der Waals surface area contributed by atoms with Gasteiger partial charge in [-0.05, 0) is 18.9 Å². The Morgan fingerprint density at radius 1 is 1.26 bits per heavy atom. The molecule has 0 amide bonds. The van der Waals surface area contributed by atoms with E-state index in [1.165, 1.54) is 43.6 Å². The van der Waals surface area contributed by atoms with Crippen molar-refractivity contribution in [3.8, 4) is 5.75 Å². The lowest BCUT2D eigenvalue weighted by molar-refractivity contribution is -0.948. The molecule has 1 aliphatic heterocycles. The van der Waals surface area contributed by atoms with Crippen molar-refractivity contribution in [2.24, 2.45) is 0 Å². The summed E-state index contributed by atoms with van der Waals surface area (Å²) in [6.07, 6.45) is 2.49. The van der Waals surface area contributed by atoms with Crippen LogP contribution in [-0.2, 0) is 6.54 Å². The topological polar surface area (TPSA) is 30.3 Å². The molecule has 0 aromatic heterocycles.